The zero-order chi connectivity index (χ0) is 13.0. The van der Waals surface area contributed by atoms with Crippen molar-refractivity contribution in [2.75, 3.05) is 19.8 Å². The Labute approximate surface area is 97.7 Å². The Kier molecular flexibility index (Phi) is 14.6. The molecule has 0 aromatic carbocycles. The molecule has 0 spiro atoms. The van der Waals surface area contributed by atoms with Crippen LogP contribution in [-0.2, 0) is 4.74 Å². The van der Waals surface area contributed by atoms with E-state index in [1.54, 1.807) is 13.8 Å². The normalized spacial score (nSPS) is 20.8. The lowest BCUT2D eigenvalue weighted by Gasteiger charge is -1.95. The summed E-state index contributed by atoms with van der Waals surface area (Å²) in [4.78, 5) is 0. The molecule has 0 aromatic rings. The standard InChI is InChI=1S/2C4H10O2.C3H6O/c2*1-4(6)2-3-5;1-3-2-4-3/h2*4-6H,2-3H2,1H3;3H,2H2,1H3. The maximum absolute atomic E-state index is 8.39. The molecular weight excluding hydrogens is 212 g/mol. The molecule has 3 atom stereocenters. The van der Waals surface area contributed by atoms with Gasteiger partial charge in [0.05, 0.1) is 24.9 Å². The molecule has 5 nitrogen and oxygen atoms in total. The minimum Gasteiger partial charge on any atom is -0.396 e. The molecule has 0 saturated carbocycles. The molecule has 1 rings (SSSR count). The van der Waals surface area contributed by atoms with Crippen molar-refractivity contribution in [3.05, 3.63) is 0 Å². The van der Waals surface area contributed by atoms with E-state index in [4.69, 9.17) is 25.2 Å². The minimum absolute atomic E-state index is 0.0810. The van der Waals surface area contributed by atoms with E-state index in [9.17, 15) is 0 Å². The highest BCUT2D eigenvalue weighted by Gasteiger charge is 2.13. The van der Waals surface area contributed by atoms with Gasteiger partial charge in [0, 0.05) is 13.2 Å². The van der Waals surface area contributed by atoms with Gasteiger partial charge in [-0.05, 0) is 33.6 Å². The summed E-state index contributed by atoms with van der Waals surface area (Å²) in [5, 5.41) is 32.9. The second-order valence-electron chi connectivity index (χ2n) is 3.87. The van der Waals surface area contributed by atoms with Crippen molar-refractivity contribution < 1.29 is 25.2 Å². The molecule has 3 unspecified atom stereocenters. The van der Waals surface area contributed by atoms with E-state index in [0.717, 1.165) is 6.61 Å². The Hall–Kier alpha value is -0.200. The lowest BCUT2D eigenvalue weighted by atomic mass is 10.3. The first-order valence-electron chi connectivity index (χ1n) is 5.63. The average molecular weight is 238 g/mol. The molecule has 1 heterocycles. The Balaban J connectivity index is 0. The van der Waals surface area contributed by atoms with Crippen LogP contribution >= 0.6 is 0 Å². The average Bonchev–Trinajstić information content (AvgIpc) is 2.89. The van der Waals surface area contributed by atoms with Gasteiger partial charge in [-0.3, -0.25) is 0 Å². The Morgan fingerprint density at radius 2 is 1.31 bits per heavy atom. The molecule has 0 bridgehead atoms. The predicted molar refractivity (Wildman–Crippen MR) is 62.2 cm³/mol. The highest BCUT2D eigenvalue weighted by Crippen LogP contribution is 2.04. The molecule has 1 saturated heterocycles. The molecule has 1 aliphatic heterocycles. The molecule has 1 fully saturated rings. The second kappa shape index (κ2) is 12.9. The number of hydrogen-bond donors (Lipinski definition) is 4. The molecular formula is C11H26O5. The van der Waals surface area contributed by atoms with E-state index < -0.39 is 0 Å². The third-order valence-electron chi connectivity index (χ3n) is 1.59. The van der Waals surface area contributed by atoms with Gasteiger partial charge in [0.25, 0.3) is 0 Å². The summed E-state index contributed by atoms with van der Waals surface area (Å²) >= 11 is 0. The smallest absolute Gasteiger partial charge is 0.0781 e. The summed E-state index contributed by atoms with van der Waals surface area (Å²) in [6.45, 7) is 6.50. The summed E-state index contributed by atoms with van der Waals surface area (Å²) in [5.74, 6) is 0. The van der Waals surface area contributed by atoms with Crippen molar-refractivity contribution in [2.45, 2.75) is 51.9 Å². The number of rotatable bonds is 4. The number of aliphatic hydroxyl groups excluding tert-OH is 4. The lowest BCUT2D eigenvalue weighted by molar-refractivity contribution is 0.148. The highest BCUT2D eigenvalue weighted by atomic mass is 16.6. The van der Waals surface area contributed by atoms with Gasteiger partial charge in [0.1, 0.15) is 0 Å². The summed E-state index contributed by atoms with van der Waals surface area (Å²) in [7, 11) is 0. The molecule has 1 aliphatic rings. The van der Waals surface area contributed by atoms with E-state index >= 15 is 0 Å². The Morgan fingerprint density at radius 1 is 1.06 bits per heavy atom. The molecule has 0 aliphatic carbocycles. The number of aliphatic hydroxyl groups is 4. The van der Waals surface area contributed by atoms with E-state index in [-0.39, 0.29) is 25.4 Å². The van der Waals surface area contributed by atoms with E-state index in [2.05, 4.69) is 6.92 Å². The van der Waals surface area contributed by atoms with Gasteiger partial charge >= 0.3 is 0 Å². The fraction of sp³-hybridized carbons (Fsp3) is 1.00. The van der Waals surface area contributed by atoms with Crippen LogP contribution in [0.1, 0.15) is 33.6 Å². The number of hydrogen-bond acceptors (Lipinski definition) is 5. The van der Waals surface area contributed by atoms with E-state index in [0.29, 0.717) is 18.9 Å². The third-order valence-corrected chi connectivity index (χ3v) is 1.59. The van der Waals surface area contributed by atoms with E-state index in [1.807, 2.05) is 0 Å². The van der Waals surface area contributed by atoms with Gasteiger partial charge in [-0.25, -0.2) is 0 Å². The quantitative estimate of drug-likeness (QED) is 0.513. The molecule has 4 N–H and O–H groups in total. The molecule has 0 aromatic heterocycles. The van der Waals surface area contributed by atoms with Crippen LogP contribution < -0.4 is 0 Å². The van der Waals surface area contributed by atoms with Crippen molar-refractivity contribution in [3.63, 3.8) is 0 Å². The summed E-state index contributed by atoms with van der Waals surface area (Å²) in [5.41, 5.74) is 0. The van der Waals surface area contributed by atoms with Crippen LogP contribution in [0.25, 0.3) is 0 Å². The van der Waals surface area contributed by atoms with Crippen molar-refractivity contribution in [3.8, 4) is 0 Å². The van der Waals surface area contributed by atoms with Crippen LogP contribution in [0.5, 0.6) is 0 Å². The van der Waals surface area contributed by atoms with Crippen LogP contribution in [-0.4, -0.2) is 58.6 Å². The van der Waals surface area contributed by atoms with Crippen molar-refractivity contribution in [1.82, 2.24) is 0 Å². The molecule has 0 radical (unpaired) electrons. The molecule has 5 heteroatoms. The zero-order valence-electron chi connectivity index (χ0n) is 10.5. The van der Waals surface area contributed by atoms with Crippen molar-refractivity contribution in [2.24, 2.45) is 0 Å². The monoisotopic (exact) mass is 238 g/mol. The van der Waals surface area contributed by atoms with Gasteiger partial charge in [0.2, 0.25) is 0 Å². The summed E-state index contributed by atoms with van der Waals surface area (Å²) in [6.07, 6.45) is 0.852. The molecule has 0 amide bonds. The van der Waals surface area contributed by atoms with Crippen molar-refractivity contribution >= 4 is 0 Å². The summed E-state index contributed by atoms with van der Waals surface area (Å²) < 4.78 is 4.71. The zero-order valence-corrected chi connectivity index (χ0v) is 10.5. The van der Waals surface area contributed by atoms with Crippen LogP contribution in [0.2, 0.25) is 0 Å². The van der Waals surface area contributed by atoms with E-state index in [1.165, 1.54) is 0 Å². The Bertz CT molecular complexity index is 114. The fourth-order valence-electron chi connectivity index (χ4n) is 0.470. The van der Waals surface area contributed by atoms with Gasteiger partial charge < -0.3 is 25.2 Å². The predicted octanol–water partition coefficient (Wildman–Crippen LogP) is -0.0957. The molecule has 100 valence electrons. The first kappa shape index (κ1) is 18.2. The number of ether oxygens (including phenoxy) is 1. The van der Waals surface area contributed by atoms with Crippen molar-refractivity contribution in [1.29, 1.82) is 0 Å². The van der Waals surface area contributed by atoms with Crippen LogP contribution in [0, 0.1) is 0 Å². The van der Waals surface area contributed by atoms with Crippen LogP contribution in [0.15, 0.2) is 0 Å². The lowest BCUT2D eigenvalue weighted by Crippen LogP contribution is -2.00. The van der Waals surface area contributed by atoms with Crippen LogP contribution in [0.4, 0.5) is 0 Å². The summed E-state index contributed by atoms with van der Waals surface area (Å²) in [6, 6.07) is 0. The largest absolute Gasteiger partial charge is 0.396 e. The van der Waals surface area contributed by atoms with Gasteiger partial charge in [-0.2, -0.15) is 0 Å². The highest BCUT2D eigenvalue weighted by molar-refractivity contribution is 4.58. The third kappa shape index (κ3) is 29.2. The number of epoxide rings is 1. The van der Waals surface area contributed by atoms with Gasteiger partial charge in [-0.15, -0.1) is 0 Å². The fourth-order valence-corrected chi connectivity index (χ4v) is 0.470. The SMILES string of the molecule is CC(O)CCO.CC(O)CCO.CC1CO1. The van der Waals surface area contributed by atoms with Crippen LogP contribution in [0.3, 0.4) is 0 Å². The minimum atomic E-state index is -0.352. The first-order chi connectivity index (χ1) is 7.43. The van der Waals surface area contributed by atoms with Gasteiger partial charge in [-0.1, -0.05) is 0 Å². The Morgan fingerprint density at radius 3 is 1.31 bits per heavy atom. The van der Waals surface area contributed by atoms with Gasteiger partial charge in [0.15, 0.2) is 0 Å². The molecule has 16 heavy (non-hydrogen) atoms. The maximum Gasteiger partial charge on any atom is 0.0781 e. The first-order valence-corrected chi connectivity index (χ1v) is 5.63. The maximum atomic E-state index is 8.39. The topological polar surface area (TPSA) is 93.5 Å². The second-order valence-corrected chi connectivity index (χ2v) is 3.87.